The lowest BCUT2D eigenvalue weighted by atomic mass is 10.0. The molecule has 6 heteroatoms. The number of benzene rings is 1. The van der Waals surface area contributed by atoms with Gasteiger partial charge in [-0.15, -0.1) is 0 Å². The van der Waals surface area contributed by atoms with E-state index in [1.807, 2.05) is 41.1 Å². The highest BCUT2D eigenvalue weighted by Gasteiger charge is 2.40. The van der Waals surface area contributed by atoms with Crippen LogP contribution >= 0.6 is 12.2 Å². The van der Waals surface area contributed by atoms with Gasteiger partial charge in [-0.05, 0) is 61.1 Å². The molecule has 1 fully saturated rings. The first kappa shape index (κ1) is 18.6. The monoisotopic (exact) mass is 394 g/mol. The van der Waals surface area contributed by atoms with Gasteiger partial charge in [0, 0.05) is 30.3 Å². The Morgan fingerprint density at radius 3 is 2.79 bits per heavy atom. The molecule has 4 nitrogen and oxygen atoms in total. The van der Waals surface area contributed by atoms with E-state index in [1.165, 1.54) is 6.07 Å². The second-order valence-corrected chi connectivity index (χ2v) is 7.34. The molecule has 1 aliphatic rings. The third-order valence-corrected chi connectivity index (χ3v) is 5.47. The molecule has 0 amide bonds. The predicted octanol–water partition coefficient (Wildman–Crippen LogP) is 4.78. The summed E-state index contributed by atoms with van der Waals surface area (Å²) in [5.41, 5.74) is 2.80. The molecule has 0 spiro atoms. The van der Waals surface area contributed by atoms with E-state index in [0.29, 0.717) is 0 Å². The Labute approximate surface area is 170 Å². The molecular weight excluding hydrogens is 371 g/mol. The minimum absolute atomic E-state index is 0.0211. The van der Waals surface area contributed by atoms with Crippen LogP contribution in [0.4, 0.5) is 4.39 Å². The number of halogens is 1. The van der Waals surface area contributed by atoms with Gasteiger partial charge >= 0.3 is 0 Å². The largest absolute Gasteiger partial charge is 0.352 e. The highest BCUT2D eigenvalue weighted by molar-refractivity contribution is 7.80. The van der Waals surface area contributed by atoms with Crippen LogP contribution < -0.4 is 5.32 Å². The minimum Gasteiger partial charge on any atom is -0.352 e. The van der Waals surface area contributed by atoms with Gasteiger partial charge in [0.15, 0.2) is 5.11 Å². The zero-order chi connectivity index (χ0) is 19.5. The van der Waals surface area contributed by atoms with Crippen molar-refractivity contribution in [3.8, 4) is 5.69 Å². The maximum Gasteiger partial charge on any atom is 0.170 e. The number of hydrogen-bond acceptors (Lipinski definition) is 2. The van der Waals surface area contributed by atoms with Crippen LogP contribution in [0.15, 0.2) is 67.0 Å². The molecule has 3 aromatic rings. The number of nitrogens with zero attached hydrogens (tertiary/aromatic N) is 3. The van der Waals surface area contributed by atoms with Crippen molar-refractivity contribution in [2.75, 3.05) is 6.54 Å². The number of pyridine rings is 1. The fraction of sp³-hybridized carbons (Fsp3) is 0.273. The second kappa shape index (κ2) is 8.10. The highest BCUT2D eigenvalue weighted by Crippen LogP contribution is 2.39. The SMILES string of the molecule is CCCCN1C(=S)N[C@H](c2ccccn2)[C@H]1c1cccn1-c1cccc(F)c1. The molecule has 0 radical (unpaired) electrons. The molecule has 3 heterocycles. The van der Waals surface area contributed by atoms with Crippen molar-refractivity contribution in [2.24, 2.45) is 0 Å². The van der Waals surface area contributed by atoms with Crippen molar-refractivity contribution in [1.29, 1.82) is 0 Å². The first-order chi connectivity index (χ1) is 13.7. The molecule has 2 atom stereocenters. The first-order valence-corrected chi connectivity index (χ1v) is 10.0. The Kier molecular flexibility index (Phi) is 5.39. The van der Waals surface area contributed by atoms with Gasteiger partial charge in [-0.1, -0.05) is 25.5 Å². The summed E-state index contributed by atoms with van der Waals surface area (Å²) in [6, 6.07) is 16.6. The number of hydrogen-bond donors (Lipinski definition) is 1. The van der Waals surface area contributed by atoms with E-state index >= 15 is 0 Å². The summed E-state index contributed by atoms with van der Waals surface area (Å²) in [5.74, 6) is -0.249. The fourth-order valence-corrected chi connectivity index (χ4v) is 4.12. The molecule has 0 unspecified atom stereocenters. The number of thiocarbonyl (C=S) groups is 1. The average Bonchev–Trinajstić information content (AvgIpc) is 3.31. The number of rotatable bonds is 6. The van der Waals surface area contributed by atoms with Crippen molar-refractivity contribution in [3.63, 3.8) is 0 Å². The second-order valence-electron chi connectivity index (χ2n) is 6.96. The summed E-state index contributed by atoms with van der Waals surface area (Å²) < 4.78 is 15.9. The number of aromatic nitrogens is 2. The van der Waals surface area contributed by atoms with E-state index in [0.717, 1.165) is 41.6 Å². The molecule has 0 saturated carbocycles. The first-order valence-electron chi connectivity index (χ1n) is 9.60. The Morgan fingerprint density at radius 1 is 1.14 bits per heavy atom. The van der Waals surface area contributed by atoms with E-state index in [1.54, 1.807) is 18.3 Å². The van der Waals surface area contributed by atoms with Crippen molar-refractivity contribution in [1.82, 2.24) is 19.8 Å². The van der Waals surface area contributed by atoms with E-state index < -0.39 is 0 Å². The van der Waals surface area contributed by atoms with Crippen LogP contribution in [0.1, 0.15) is 43.2 Å². The van der Waals surface area contributed by atoms with Crippen LogP contribution in [0.5, 0.6) is 0 Å². The van der Waals surface area contributed by atoms with Crippen LogP contribution in [0.3, 0.4) is 0 Å². The molecule has 1 aliphatic heterocycles. The van der Waals surface area contributed by atoms with Gasteiger partial charge in [-0.25, -0.2) is 4.39 Å². The van der Waals surface area contributed by atoms with Crippen LogP contribution in [0.25, 0.3) is 5.69 Å². The summed E-state index contributed by atoms with van der Waals surface area (Å²) in [6.07, 6.45) is 5.91. The highest BCUT2D eigenvalue weighted by atomic mass is 32.1. The Hall–Kier alpha value is -2.73. The Bertz CT molecular complexity index is 956. The Morgan fingerprint density at radius 2 is 2.04 bits per heavy atom. The lowest BCUT2D eigenvalue weighted by molar-refractivity contribution is 0.304. The van der Waals surface area contributed by atoms with Crippen LogP contribution in [0.2, 0.25) is 0 Å². The zero-order valence-corrected chi connectivity index (χ0v) is 16.6. The van der Waals surface area contributed by atoms with Gasteiger partial charge in [0.05, 0.1) is 17.8 Å². The molecule has 0 bridgehead atoms. The van der Waals surface area contributed by atoms with E-state index in [4.69, 9.17) is 12.2 Å². The summed E-state index contributed by atoms with van der Waals surface area (Å²) in [6.45, 7) is 3.04. The summed E-state index contributed by atoms with van der Waals surface area (Å²) in [4.78, 5) is 6.81. The summed E-state index contributed by atoms with van der Waals surface area (Å²) >= 11 is 5.68. The maximum absolute atomic E-state index is 13.8. The van der Waals surface area contributed by atoms with Gasteiger partial charge in [-0.3, -0.25) is 4.98 Å². The van der Waals surface area contributed by atoms with E-state index in [-0.39, 0.29) is 17.9 Å². The topological polar surface area (TPSA) is 33.1 Å². The fourth-order valence-electron chi connectivity index (χ4n) is 3.79. The van der Waals surface area contributed by atoms with E-state index in [9.17, 15) is 4.39 Å². The molecule has 144 valence electrons. The number of unbranched alkanes of at least 4 members (excludes halogenated alkanes) is 1. The molecule has 0 aliphatic carbocycles. The van der Waals surface area contributed by atoms with Gasteiger partial charge in [0.2, 0.25) is 0 Å². The summed E-state index contributed by atoms with van der Waals surface area (Å²) in [7, 11) is 0. The normalized spacial score (nSPS) is 19.1. The molecule has 2 aromatic heterocycles. The summed E-state index contributed by atoms with van der Waals surface area (Å²) in [5, 5.41) is 4.20. The number of nitrogens with one attached hydrogen (secondary N) is 1. The zero-order valence-electron chi connectivity index (χ0n) is 15.8. The standard InChI is InChI=1S/C22H23FN4S/c1-2-3-13-27-21(20(25-22(27)28)18-10-4-5-12-24-18)19-11-7-14-26(19)17-9-6-8-16(23)15-17/h4-12,14-15,20-21H,2-3,13H2,1H3,(H,25,28)/t20-,21-/m1/s1. The molecule has 1 N–H and O–H groups in total. The van der Waals surface area contributed by atoms with Crippen molar-refractivity contribution < 1.29 is 4.39 Å². The van der Waals surface area contributed by atoms with Crippen molar-refractivity contribution >= 4 is 17.3 Å². The molecule has 1 aromatic carbocycles. The van der Waals surface area contributed by atoms with Crippen molar-refractivity contribution in [3.05, 3.63) is 84.2 Å². The van der Waals surface area contributed by atoms with Crippen molar-refractivity contribution in [2.45, 2.75) is 31.8 Å². The van der Waals surface area contributed by atoms with Gasteiger partial charge in [0.1, 0.15) is 5.82 Å². The molecule has 1 saturated heterocycles. The lowest BCUT2D eigenvalue weighted by Crippen LogP contribution is -2.31. The van der Waals surface area contributed by atoms with Gasteiger partial charge in [0.25, 0.3) is 0 Å². The van der Waals surface area contributed by atoms with Gasteiger partial charge in [-0.2, -0.15) is 0 Å². The van der Waals surface area contributed by atoms with Crippen LogP contribution in [-0.2, 0) is 0 Å². The van der Waals surface area contributed by atoms with Crippen LogP contribution in [0, 0.1) is 5.82 Å². The third-order valence-electron chi connectivity index (χ3n) is 5.12. The van der Waals surface area contributed by atoms with E-state index in [2.05, 4.69) is 28.2 Å². The maximum atomic E-state index is 13.8. The van der Waals surface area contributed by atoms with Gasteiger partial charge < -0.3 is 14.8 Å². The predicted molar refractivity (Wildman–Crippen MR) is 113 cm³/mol. The Balaban J connectivity index is 1.79. The average molecular weight is 395 g/mol. The minimum atomic E-state index is -0.249. The molecular formula is C22H23FN4S. The quantitative estimate of drug-likeness (QED) is 0.610. The molecule has 4 rings (SSSR count). The molecule has 28 heavy (non-hydrogen) atoms. The smallest absolute Gasteiger partial charge is 0.170 e. The lowest BCUT2D eigenvalue weighted by Gasteiger charge is -2.29. The third kappa shape index (κ3) is 3.52. The van der Waals surface area contributed by atoms with Crippen LogP contribution in [-0.4, -0.2) is 26.1 Å².